The lowest BCUT2D eigenvalue weighted by molar-refractivity contribution is -0.132. The Kier molecular flexibility index (Phi) is 5.60. The molecule has 0 spiro atoms. The second-order valence-corrected chi connectivity index (χ2v) is 7.39. The van der Waals surface area contributed by atoms with E-state index < -0.39 is 0 Å². The number of hydrogen-bond donors (Lipinski definition) is 1. The molecule has 1 saturated heterocycles. The standard InChI is InChI=1S/C23H27N3O2/c1-2-17-7-9-19(10-8-17)28-16-13-22(27)26-14-11-18(12-15-26)23-24-20-5-3-4-6-21(20)25-23/h3-10,18H,2,11-16H2,1H3,(H,24,25). The maximum Gasteiger partial charge on any atom is 0.225 e. The zero-order chi connectivity index (χ0) is 19.3. The van der Waals surface area contributed by atoms with Gasteiger partial charge in [0.1, 0.15) is 11.6 Å². The van der Waals surface area contributed by atoms with Crippen molar-refractivity contribution in [2.24, 2.45) is 0 Å². The van der Waals surface area contributed by atoms with Crippen molar-refractivity contribution in [2.75, 3.05) is 19.7 Å². The quantitative estimate of drug-likeness (QED) is 0.697. The summed E-state index contributed by atoms with van der Waals surface area (Å²) in [5.74, 6) is 2.44. The number of ether oxygens (including phenoxy) is 1. The number of hydrogen-bond acceptors (Lipinski definition) is 3. The number of carbonyl (C=O) groups excluding carboxylic acids is 1. The molecule has 146 valence electrons. The SMILES string of the molecule is CCc1ccc(OCCC(=O)N2CCC(c3nc4ccccc4[nH]3)CC2)cc1. The van der Waals surface area contributed by atoms with Gasteiger partial charge in [0.05, 0.1) is 24.1 Å². The van der Waals surface area contributed by atoms with Crippen LogP contribution in [-0.4, -0.2) is 40.5 Å². The van der Waals surface area contributed by atoms with E-state index in [2.05, 4.69) is 30.1 Å². The monoisotopic (exact) mass is 377 g/mol. The van der Waals surface area contributed by atoms with Crippen molar-refractivity contribution >= 4 is 16.9 Å². The second kappa shape index (κ2) is 8.46. The number of para-hydroxylation sites is 2. The number of piperidine rings is 1. The van der Waals surface area contributed by atoms with Crippen LogP contribution in [0.5, 0.6) is 5.75 Å². The van der Waals surface area contributed by atoms with E-state index in [4.69, 9.17) is 9.72 Å². The van der Waals surface area contributed by atoms with Crippen molar-refractivity contribution in [3.8, 4) is 5.75 Å². The van der Waals surface area contributed by atoms with Crippen LogP contribution in [0, 0.1) is 0 Å². The van der Waals surface area contributed by atoms with Crippen molar-refractivity contribution in [3.05, 3.63) is 59.9 Å². The zero-order valence-electron chi connectivity index (χ0n) is 16.4. The second-order valence-electron chi connectivity index (χ2n) is 7.39. The Balaban J connectivity index is 1.24. The average Bonchev–Trinajstić information content (AvgIpc) is 3.18. The fourth-order valence-corrected chi connectivity index (χ4v) is 3.80. The largest absolute Gasteiger partial charge is 0.493 e. The molecule has 28 heavy (non-hydrogen) atoms. The number of likely N-dealkylation sites (tertiary alicyclic amines) is 1. The number of carbonyl (C=O) groups is 1. The topological polar surface area (TPSA) is 58.2 Å². The first-order chi connectivity index (χ1) is 13.7. The molecule has 2 aromatic carbocycles. The first-order valence-electron chi connectivity index (χ1n) is 10.2. The Morgan fingerprint density at radius 3 is 2.61 bits per heavy atom. The van der Waals surface area contributed by atoms with E-state index in [1.54, 1.807) is 0 Å². The lowest BCUT2D eigenvalue weighted by Gasteiger charge is -2.31. The van der Waals surface area contributed by atoms with Gasteiger partial charge in [-0.15, -0.1) is 0 Å². The van der Waals surface area contributed by atoms with Crippen LogP contribution in [0.1, 0.15) is 43.5 Å². The molecule has 0 aliphatic carbocycles. The summed E-state index contributed by atoms with van der Waals surface area (Å²) < 4.78 is 5.73. The third kappa shape index (κ3) is 4.19. The fraction of sp³-hybridized carbons (Fsp3) is 0.391. The van der Waals surface area contributed by atoms with Gasteiger partial charge in [-0.25, -0.2) is 4.98 Å². The van der Waals surface area contributed by atoms with Crippen LogP contribution in [0.15, 0.2) is 48.5 Å². The number of benzene rings is 2. The van der Waals surface area contributed by atoms with Gasteiger partial charge in [0.25, 0.3) is 0 Å². The van der Waals surface area contributed by atoms with E-state index in [0.29, 0.717) is 18.9 Å². The van der Waals surface area contributed by atoms with Crippen LogP contribution in [0.25, 0.3) is 11.0 Å². The average molecular weight is 377 g/mol. The number of nitrogens with one attached hydrogen (secondary N) is 1. The minimum Gasteiger partial charge on any atom is -0.493 e. The number of aromatic nitrogens is 2. The summed E-state index contributed by atoms with van der Waals surface area (Å²) in [6.45, 7) is 4.12. The molecule has 1 aliphatic rings. The van der Waals surface area contributed by atoms with Crippen molar-refractivity contribution < 1.29 is 9.53 Å². The van der Waals surface area contributed by atoms with Gasteiger partial charge in [0.2, 0.25) is 5.91 Å². The van der Waals surface area contributed by atoms with E-state index in [-0.39, 0.29) is 5.91 Å². The van der Waals surface area contributed by atoms with Gasteiger partial charge >= 0.3 is 0 Å². The molecule has 0 atom stereocenters. The number of nitrogens with zero attached hydrogens (tertiary/aromatic N) is 2. The number of fused-ring (bicyclic) bond motifs is 1. The predicted octanol–water partition coefficient (Wildman–Crippen LogP) is 4.30. The molecule has 5 nitrogen and oxygen atoms in total. The highest BCUT2D eigenvalue weighted by Crippen LogP contribution is 2.28. The van der Waals surface area contributed by atoms with Crippen LogP contribution in [0.4, 0.5) is 0 Å². The third-order valence-electron chi connectivity index (χ3n) is 5.56. The Labute approximate surface area is 165 Å². The molecule has 1 aliphatic heterocycles. The number of amides is 1. The molecular weight excluding hydrogens is 350 g/mol. The van der Waals surface area contributed by atoms with Crippen molar-refractivity contribution in [1.82, 2.24) is 14.9 Å². The van der Waals surface area contributed by atoms with Gasteiger partial charge in [-0.3, -0.25) is 4.79 Å². The van der Waals surface area contributed by atoms with E-state index in [1.165, 1.54) is 5.56 Å². The first kappa shape index (κ1) is 18.5. The van der Waals surface area contributed by atoms with Gasteiger partial charge < -0.3 is 14.6 Å². The van der Waals surface area contributed by atoms with E-state index in [9.17, 15) is 4.79 Å². The molecule has 0 bridgehead atoms. The molecule has 0 radical (unpaired) electrons. The van der Waals surface area contributed by atoms with Crippen molar-refractivity contribution in [2.45, 2.75) is 38.5 Å². The molecule has 5 heteroatoms. The molecule has 1 amide bonds. The Morgan fingerprint density at radius 2 is 1.89 bits per heavy atom. The van der Waals surface area contributed by atoms with Gasteiger partial charge in [-0.1, -0.05) is 31.2 Å². The number of imidazole rings is 1. The Morgan fingerprint density at radius 1 is 1.14 bits per heavy atom. The minimum atomic E-state index is 0.174. The lowest BCUT2D eigenvalue weighted by Crippen LogP contribution is -2.38. The highest BCUT2D eigenvalue weighted by Gasteiger charge is 2.25. The molecule has 0 unspecified atom stereocenters. The summed E-state index contributed by atoms with van der Waals surface area (Å²) in [6.07, 6.45) is 3.34. The van der Waals surface area contributed by atoms with E-state index in [0.717, 1.165) is 55.0 Å². The molecule has 2 heterocycles. The first-order valence-corrected chi connectivity index (χ1v) is 10.2. The summed E-state index contributed by atoms with van der Waals surface area (Å²) in [6, 6.07) is 16.2. The Hall–Kier alpha value is -2.82. The summed E-state index contributed by atoms with van der Waals surface area (Å²) in [4.78, 5) is 22.6. The normalized spacial score (nSPS) is 15.1. The van der Waals surface area contributed by atoms with E-state index >= 15 is 0 Å². The zero-order valence-corrected chi connectivity index (χ0v) is 16.4. The summed E-state index contributed by atoms with van der Waals surface area (Å²) in [5, 5.41) is 0. The van der Waals surface area contributed by atoms with E-state index in [1.807, 2.05) is 35.2 Å². The lowest BCUT2D eigenvalue weighted by atomic mass is 9.96. The van der Waals surface area contributed by atoms with Gasteiger partial charge in [-0.2, -0.15) is 0 Å². The molecular formula is C23H27N3O2. The van der Waals surface area contributed by atoms with Crippen LogP contribution >= 0.6 is 0 Å². The maximum absolute atomic E-state index is 12.5. The third-order valence-corrected chi connectivity index (χ3v) is 5.56. The highest BCUT2D eigenvalue weighted by molar-refractivity contribution is 5.76. The highest BCUT2D eigenvalue weighted by atomic mass is 16.5. The summed E-state index contributed by atoms with van der Waals surface area (Å²) in [5.41, 5.74) is 3.39. The van der Waals surface area contributed by atoms with Crippen LogP contribution in [0.2, 0.25) is 0 Å². The molecule has 1 N–H and O–H groups in total. The van der Waals surface area contributed by atoms with Crippen molar-refractivity contribution in [1.29, 1.82) is 0 Å². The molecule has 1 aromatic heterocycles. The molecule has 1 fully saturated rings. The van der Waals surface area contributed by atoms with Crippen LogP contribution in [0.3, 0.4) is 0 Å². The van der Waals surface area contributed by atoms with Crippen molar-refractivity contribution in [3.63, 3.8) is 0 Å². The van der Waals surface area contributed by atoms with Gasteiger partial charge in [0, 0.05) is 19.0 Å². The van der Waals surface area contributed by atoms with Crippen LogP contribution in [-0.2, 0) is 11.2 Å². The molecule has 3 aromatic rings. The summed E-state index contributed by atoms with van der Waals surface area (Å²) in [7, 11) is 0. The minimum absolute atomic E-state index is 0.174. The summed E-state index contributed by atoms with van der Waals surface area (Å²) >= 11 is 0. The molecule has 0 saturated carbocycles. The number of H-pyrrole nitrogens is 1. The number of aromatic amines is 1. The van der Waals surface area contributed by atoms with Crippen LogP contribution < -0.4 is 4.74 Å². The van der Waals surface area contributed by atoms with Gasteiger partial charge in [-0.05, 0) is 49.1 Å². The number of rotatable bonds is 6. The number of aryl methyl sites for hydroxylation is 1. The maximum atomic E-state index is 12.5. The predicted molar refractivity (Wildman–Crippen MR) is 111 cm³/mol. The molecule has 4 rings (SSSR count). The smallest absolute Gasteiger partial charge is 0.225 e. The van der Waals surface area contributed by atoms with Gasteiger partial charge in [0.15, 0.2) is 0 Å². The fourth-order valence-electron chi connectivity index (χ4n) is 3.80. The Bertz CT molecular complexity index is 891.